The van der Waals surface area contributed by atoms with Crippen LogP contribution in [-0.4, -0.2) is 68.6 Å². The summed E-state index contributed by atoms with van der Waals surface area (Å²) in [6, 6.07) is 13.3. The molecule has 1 saturated carbocycles. The predicted molar refractivity (Wildman–Crippen MR) is 112 cm³/mol. The number of hydrogen-bond acceptors (Lipinski definition) is 4. The maximum absolute atomic E-state index is 13.4. The minimum absolute atomic E-state index is 0.197. The molecule has 5 nitrogen and oxygen atoms in total. The minimum Gasteiger partial charge on any atom is -0.496 e. The van der Waals surface area contributed by atoms with Gasteiger partial charge in [0.25, 0.3) is 0 Å². The van der Waals surface area contributed by atoms with E-state index < -0.39 is 0 Å². The molecule has 1 saturated heterocycles. The molecule has 2 fully saturated rings. The number of rotatable bonds is 6. The number of nitrogens with one attached hydrogen (secondary N) is 1. The van der Waals surface area contributed by atoms with Crippen molar-refractivity contribution in [2.24, 2.45) is 0 Å². The van der Waals surface area contributed by atoms with Crippen LogP contribution >= 0.6 is 0 Å². The van der Waals surface area contributed by atoms with E-state index in [1.807, 2.05) is 4.90 Å². The zero-order valence-corrected chi connectivity index (χ0v) is 17.0. The highest BCUT2D eigenvalue weighted by atomic mass is 19.1. The van der Waals surface area contributed by atoms with Gasteiger partial charge in [0, 0.05) is 49.8 Å². The fourth-order valence-electron chi connectivity index (χ4n) is 3.99. The summed E-state index contributed by atoms with van der Waals surface area (Å²) in [5, 5.41) is 3.42. The van der Waals surface area contributed by atoms with Crippen LogP contribution in [0.25, 0.3) is 11.1 Å². The molecule has 1 unspecified atom stereocenters. The molecule has 2 atom stereocenters. The molecule has 2 aromatic rings. The van der Waals surface area contributed by atoms with Gasteiger partial charge in [0.2, 0.25) is 5.91 Å². The first-order chi connectivity index (χ1) is 14.0. The molecule has 6 heteroatoms. The Kier molecular flexibility index (Phi) is 5.83. The predicted octanol–water partition coefficient (Wildman–Crippen LogP) is 2.72. The Morgan fingerprint density at radius 3 is 2.55 bits per heavy atom. The molecule has 1 amide bonds. The Labute approximate surface area is 171 Å². The number of carbonyl (C=O) groups is 1. The molecule has 1 N–H and O–H groups in total. The van der Waals surface area contributed by atoms with Crippen LogP contribution in [-0.2, 0) is 4.79 Å². The van der Waals surface area contributed by atoms with Crippen LogP contribution in [0, 0.1) is 5.82 Å². The van der Waals surface area contributed by atoms with Gasteiger partial charge in [-0.1, -0.05) is 24.3 Å². The van der Waals surface area contributed by atoms with Gasteiger partial charge in [-0.25, -0.2) is 4.39 Å². The third-order valence-corrected chi connectivity index (χ3v) is 5.98. The van der Waals surface area contributed by atoms with Crippen molar-refractivity contribution in [3.63, 3.8) is 0 Å². The fourth-order valence-corrected chi connectivity index (χ4v) is 3.99. The van der Waals surface area contributed by atoms with Crippen molar-refractivity contribution in [2.75, 3.05) is 46.9 Å². The number of amides is 1. The van der Waals surface area contributed by atoms with Gasteiger partial charge in [-0.05, 0) is 36.7 Å². The molecule has 1 aliphatic carbocycles. The van der Waals surface area contributed by atoms with Crippen LogP contribution in [0.1, 0.15) is 17.9 Å². The molecule has 0 aromatic heterocycles. The zero-order chi connectivity index (χ0) is 20.4. The minimum atomic E-state index is -0.305. The van der Waals surface area contributed by atoms with Gasteiger partial charge in [-0.2, -0.15) is 0 Å². The summed E-state index contributed by atoms with van der Waals surface area (Å²) in [7, 11) is 3.64. The third kappa shape index (κ3) is 4.60. The third-order valence-electron chi connectivity index (χ3n) is 5.98. The molecule has 0 bridgehead atoms. The summed E-state index contributed by atoms with van der Waals surface area (Å²) in [6.45, 7) is 3.94. The molecule has 4 rings (SSSR count). The standard InChI is InChI=1S/C23H28FN3O2/c1-26-9-11-27(12-10-26)23(28)15-25-21-14-20(21)17-5-3-16(4-6-17)19-8-7-18(24)13-22(19)29-2/h3-8,13,20-21,25H,9-12,14-15H2,1-2H3/t20?,21-/m0/s1. The molecule has 1 heterocycles. The highest BCUT2D eigenvalue weighted by Gasteiger charge is 2.38. The Morgan fingerprint density at radius 2 is 1.86 bits per heavy atom. The van der Waals surface area contributed by atoms with Crippen molar-refractivity contribution in [1.29, 1.82) is 0 Å². The Morgan fingerprint density at radius 1 is 1.14 bits per heavy atom. The lowest BCUT2D eigenvalue weighted by molar-refractivity contribution is -0.131. The zero-order valence-electron chi connectivity index (χ0n) is 17.0. The second kappa shape index (κ2) is 8.51. The van der Waals surface area contributed by atoms with E-state index in [2.05, 4.69) is 41.5 Å². The van der Waals surface area contributed by atoms with E-state index in [9.17, 15) is 9.18 Å². The van der Waals surface area contributed by atoms with Gasteiger partial charge in [-0.15, -0.1) is 0 Å². The van der Waals surface area contributed by atoms with Crippen molar-refractivity contribution < 1.29 is 13.9 Å². The maximum atomic E-state index is 13.4. The molecular formula is C23H28FN3O2. The number of hydrogen-bond donors (Lipinski definition) is 1. The number of benzene rings is 2. The normalized spacial score (nSPS) is 21.8. The Balaban J connectivity index is 1.31. The SMILES string of the molecule is COc1cc(F)ccc1-c1ccc(C2C[C@@H]2NCC(=O)N2CCN(C)CC2)cc1. The van der Waals surface area contributed by atoms with Crippen LogP contribution in [0.2, 0.25) is 0 Å². The van der Waals surface area contributed by atoms with Crippen molar-refractivity contribution >= 4 is 5.91 Å². The van der Waals surface area contributed by atoms with E-state index in [-0.39, 0.29) is 11.7 Å². The quantitative estimate of drug-likeness (QED) is 0.814. The number of nitrogens with zero attached hydrogens (tertiary/aromatic N) is 2. The summed E-state index contributed by atoms with van der Waals surface area (Å²) < 4.78 is 18.7. The Hall–Kier alpha value is -2.44. The van der Waals surface area contributed by atoms with Gasteiger partial charge in [-0.3, -0.25) is 4.79 Å². The number of carbonyl (C=O) groups excluding carboxylic acids is 1. The molecule has 2 aromatic carbocycles. The summed E-state index contributed by atoms with van der Waals surface area (Å²) in [5.74, 6) is 0.869. The number of piperazine rings is 1. The molecule has 1 aliphatic heterocycles. The average Bonchev–Trinajstić information content (AvgIpc) is 3.52. The van der Waals surface area contributed by atoms with Crippen molar-refractivity contribution in [1.82, 2.24) is 15.1 Å². The van der Waals surface area contributed by atoms with E-state index in [4.69, 9.17) is 4.74 Å². The Bertz CT molecular complexity index is 863. The van der Waals surface area contributed by atoms with Gasteiger partial charge < -0.3 is 19.9 Å². The molecule has 2 aliphatic rings. The summed E-state index contributed by atoms with van der Waals surface area (Å²) in [5.41, 5.74) is 3.14. The number of likely N-dealkylation sites (N-methyl/N-ethyl adjacent to an activating group) is 1. The van der Waals surface area contributed by atoms with Gasteiger partial charge in [0.05, 0.1) is 13.7 Å². The van der Waals surface area contributed by atoms with E-state index in [0.29, 0.717) is 24.3 Å². The van der Waals surface area contributed by atoms with Crippen LogP contribution in [0.3, 0.4) is 0 Å². The highest BCUT2D eigenvalue weighted by Crippen LogP contribution is 2.41. The summed E-state index contributed by atoms with van der Waals surface area (Å²) in [4.78, 5) is 16.6. The van der Waals surface area contributed by atoms with Crippen LogP contribution in [0.4, 0.5) is 4.39 Å². The van der Waals surface area contributed by atoms with E-state index in [1.165, 1.54) is 17.7 Å². The maximum Gasteiger partial charge on any atom is 0.236 e. The summed E-state index contributed by atoms with van der Waals surface area (Å²) >= 11 is 0. The first kappa shape index (κ1) is 19.9. The number of halogens is 1. The van der Waals surface area contributed by atoms with E-state index in [0.717, 1.165) is 43.7 Å². The topological polar surface area (TPSA) is 44.8 Å². The van der Waals surface area contributed by atoms with Crippen molar-refractivity contribution in [3.8, 4) is 16.9 Å². The molecule has 154 valence electrons. The number of methoxy groups -OCH3 is 1. The van der Waals surface area contributed by atoms with E-state index >= 15 is 0 Å². The lowest BCUT2D eigenvalue weighted by atomic mass is 10.0. The largest absolute Gasteiger partial charge is 0.496 e. The molecule has 0 radical (unpaired) electrons. The monoisotopic (exact) mass is 397 g/mol. The van der Waals surface area contributed by atoms with Gasteiger partial charge in [0.1, 0.15) is 11.6 Å². The van der Waals surface area contributed by atoms with Crippen molar-refractivity contribution in [3.05, 3.63) is 53.8 Å². The second-order valence-corrected chi connectivity index (χ2v) is 7.98. The first-order valence-electron chi connectivity index (χ1n) is 10.2. The smallest absolute Gasteiger partial charge is 0.236 e. The van der Waals surface area contributed by atoms with Crippen molar-refractivity contribution in [2.45, 2.75) is 18.4 Å². The lowest BCUT2D eigenvalue weighted by Crippen LogP contribution is -2.49. The number of ether oxygens (including phenoxy) is 1. The molecular weight excluding hydrogens is 369 g/mol. The average molecular weight is 397 g/mol. The van der Waals surface area contributed by atoms with Gasteiger partial charge in [0.15, 0.2) is 0 Å². The van der Waals surface area contributed by atoms with Crippen LogP contribution in [0.15, 0.2) is 42.5 Å². The molecule has 29 heavy (non-hydrogen) atoms. The summed E-state index contributed by atoms with van der Waals surface area (Å²) in [6.07, 6.45) is 1.05. The van der Waals surface area contributed by atoms with Crippen LogP contribution < -0.4 is 10.1 Å². The fraction of sp³-hybridized carbons (Fsp3) is 0.435. The molecule has 0 spiro atoms. The second-order valence-electron chi connectivity index (χ2n) is 7.98. The van der Waals surface area contributed by atoms with Crippen LogP contribution in [0.5, 0.6) is 5.75 Å². The van der Waals surface area contributed by atoms with E-state index in [1.54, 1.807) is 13.2 Å². The highest BCUT2D eigenvalue weighted by molar-refractivity contribution is 5.78. The van der Waals surface area contributed by atoms with Gasteiger partial charge >= 0.3 is 0 Å². The first-order valence-corrected chi connectivity index (χ1v) is 10.2. The lowest BCUT2D eigenvalue weighted by Gasteiger charge is -2.32.